The average Bonchev–Trinajstić information content (AvgIpc) is 2.86. The van der Waals surface area contributed by atoms with E-state index >= 15 is 0 Å². The second-order valence-corrected chi connectivity index (χ2v) is 8.53. The number of hydrogen-bond donors (Lipinski definition) is 1. The number of methoxy groups -OCH3 is 1. The minimum absolute atomic E-state index is 0.115. The fourth-order valence-electron chi connectivity index (χ4n) is 2.76. The van der Waals surface area contributed by atoms with Crippen LogP contribution in [-0.2, 0) is 10.0 Å². The Hall–Kier alpha value is -1.64. The molecule has 1 aliphatic rings. The van der Waals surface area contributed by atoms with Gasteiger partial charge in [-0.15, -0.1) is 0 Å². The molecule has 8 heteroatoms. The van der Waals surface area contributed by atoms with Crippen LogP contribution in [0.25, 0.3) is 0 Å². The number of sulfonamides is 1. The molecule has 2 atom stereocenters. The Morgan fingerprint density at radius 3 is 2.62 bits per heavy atom. The lowest BCUT2D eigenvalue weighted by Gasteiger charge is -2.19. The Balaban J connectivity index is 2.18. The van der Waals surface area contributed by atoms with E-state index in [1.165, 1.54) is 26.1 Å². The third-order valence-corrected chi connectivity index (χ3v) is 6.22. The van der Waals surface area contributed by atoms with Crippen LogP contribution in [0.15, 0.2) is 18.2 Å². The van der Waals surface area contributed by atoms with Crippen LogP contribution < -0.4 is 4.74 Å². The third kappa shape index (κ3) is 3.88. The Morgan fingerprint density at radius 1 is 1.38 bits per heavy atom. The molecule has 134 valence electrons. The van der Waals surface area contributed by atoms with Crippen molar-refractivity contribution in [2.24, 2.45) is 5.92 Å². The molecular weight excluding hydrogens is 332 g/mol. The van der Waals surface area contributed by atoms with Crippen molar-refractivity contribution in [2.45, 2.75) is 13.0 Å². The molecule has 1 aromatic rings. The monoisotopic (exact) mass is 356 g/mol. The maximum absolute atomic E-state index is 12.7. The molecule has 0 aliphatic carbocycles. The Bertz CT molecular complexity index is 717. The molecule has 7 nitrogen and oxygen atoms in total. The van der Waals surface area contributed by atoms with Gasteiger partial charge in [0, 0.05) is 33.1 Å². The molecular formula is C16H24N2O5S. The van der Waals surface area contributed by atoms with E-state index in [0.717, 1.165) is 9.87 Å². The lowest BCUT2D eigenvalue weighted by atomic mass is 10.1. The average molecular weight is 356 g/mol. The lowest BCUT2D eigenvalue weighted by molar-refractivity contribution is 0.0761. The summed E-state index contributed by atoms with van der Waals surface area (Å²) in [6, 6.07) is 5.31. The van der Waals surface area contributed by atoms with Crippen molar-refractivity contribution < 1.29 is 23.1 Å². The van der Waals surface area contributed by atoms with E-state index in [4.69, 9.17) is 4.74 Å². The summed E-state index contributed by atoms with van der Waals surface area (Å²) in [5.74, 6) is -0.489. The Kier molecular flexibility index (Phi) is 5.52. The van der Waals surface area contributed by atoms with E-state index < -0.39 is 22.0 Å². The number of rotatable bonds is 5. The number of aliphatic hydroxyl groups is 1. The van der Waals surface area contributed by atoms with Crippen LogP contribution >= 0.6 is 0 Å². The first kappa shape index (κ1) is 18.7. The topological polar surface area (TPSA) is 87.2 Å². The van der Waals surface area contributed by atoms with Crippen molar-refractivity contribution >= 4 is 15.9 Å². The van der Waals surface area contributed by atoms with Gasteiger partial charge in [-0.1, -0.05) is 11.6 Å². The fraction of sp³-hybridized carbons (Fsp3) is 0.562. The molecule has 0 bridgehead atoms. The molecule has 0 saturated carbocycles. The van der Waals surface area contributed by atoms with Crippen LogP contribution in [0.3, 0.4) is 0 Å². The number of aliphatic hydroxyl groups excluding tert-OH is 1. The summed E-state index contributed by atoms with van der Waals surface area (Å²) < 4.78 is 30.4. The van der Waals surface area contributed by atoms with Crippen molar-refractivity contribution in [3.05, 3.63) is 29.3 Å². The van der Waals surface area contributed by atoms with Gasteiger partial charge in [0.2, 0.25) is 10.0 Å². The summed E-state index contributed by atoms with van der Waals surface area (Å²) >= 11 is 0. The first-order valence-corrected chi connectivity index (χ1v) is 9.29. The number of β-amino-alcohol motifs (C(OH)–C–C–N with tert-alkyl or cyclic N) is 1. The zero-order valence-electron chi connectivity index (χ0n) is 14.4. The molecule has 1 fully saturated rings. The van der Waals surface area contributed by atoms with E-state index in [1.54, 1.807) is 12.1 Å². The van der Waals surface area contributed by atoms with Crippen molar-refractivity contribution in [2.75, 3.05) is 40.0 Å². The summed E-state index contributed by atoms with van der Waals surface area (Å²) in [5, 5.41) is 10.2. The number of nitrogens with zero attached hydrogens (tertiary/aromatic N) is 2. The molecule has 2 rings (SSSR count). The summed E-state index contributed by atoms with van der Waals surface area (Å²) in [4.78, 5) is 14.2. The predicted octanol–water partition coefficient (Wildman–Crippen LogP) is 0.328. The van der Waals surface area contributed by atoms with Crippen LogP contribution in [0, 0.1) is 12.8 Å². The van der Waals surface area contributed by atoms with E-state index in [0.29, 0.717) is 11.3 Å². The maximum atomic E-state index is 12.7. The molecule has 0 unspecified atom stereocenters. The number of likely N-dealkylation sites (tertiary alicyclic amines) is 1. The van der Waals surface area contributed by atoms with Crippen molar-refractivity contribution in [3.63, 3.8) is 0 Å². The van der Waals surface area contributed by atoms with Gasteiger partial charge in [-0.3, -0.25) is 4.79 Å². The lowest BCUT2D eigenvalue weighted by Crippen LogP contribution is -2.33. The highest BCUT2D eigenvalue weighted by Crippen LogP contribution is 2.26. The Morgan fingerprint density at radius 2 is 2.04 bits per heavy atom. The zero-order valence-corrected chi connectivity index (χ0v) is 15.2. The quantitative estimate of drug-likeness (QED) is 0.821. The van der Waals surface area contributed by atoms with E-state index in [9.17, 15) is 18.3 Å². The van der Waals surface area contributed by atoms with Crippen LogP contribution in [0.4, 0.5) is 0 Å². The van der Waals surface area contributed by atoms with Gasteiger partial charge in [0.25, 0.3) is 5.91 Å². The standard InChI is InChI=1S/C16H24N2O5S/c1-11-5-6-15(23-4)13(7-11)16(20)18-8-12(14(19)9-18)10-24(21,22)17(2)3/h5-7,12,14,19H,8-10H2,1-4H3/t12-,14+/m0/s1. The van der Waals surface area contributed by atoms with Gasteiger partial charge in [0.15, 0.2) is 0 Å². The molecule has 1 saturated heterocycles. The molecule has 24 heavy (non-hydrogen) atoms. The molecule has 1 aliphatic heterocycles. The number of carbonyl (C=O) groups excluding carboxylic acids is 1. The highest BCUT2D eigenvalue weighted by atomic mass is 32.2. The second kappa shape index (κ2) is 7.08. The summed E-state index contributed by atoms with van der Waals surface area (Å²) in [6.45, 7) is 2.19. The van der Waals surface area contributed by atoms with Crippen molar-refractivity contribution in [3.8, 4) is 5.75 Å². The highest BCUT2D eigenvalue weighted by molar-refractivity contribution is 7.89. The Labute approximate surface area is 142 Å². The van der Waals surface area contributed by atoms with Gasteiger partial charge in [0.05, 0.1) is 24.5 Å². The van der Waals surface area contributed by atoms with E-state index in [2.05, 4.69) is 0 Å². The molecule has 1 N–H and O–H groups in total. The summed E-state index contributed by atoms with van der Waals surface area (Å²) in [5.41, 5.74) is 1.34. The second-order valence-electron chi connectivity index (χ2n) is 6.30. The van der Waals surface area contributed by atoms with Crippen molar-refractivity contribution in [1.82, 2.24) is 9.21 Å². The first-order valence-electron chi connectivity index (χ1n) is 7.68. The van der Waals surface area contributed by atoms with Crippen LogP contribution in [0.2, 0.25) is 0 Å². The molecule has 0 spiro atoms. The number of hydrogen-bond acceptors (Lipinski definition) is 5. The van der Waals surface area contributed by atoms with Crippen LogP contribution in [-0.4, -0.2) is 74.8 Å². The van der Waals surface area contributed by atoms with Crippen LogP contribution in [0.5, 0.6) is 5.75 Å². The normalized spacial score (nSPS) is 21.3. The van der Waals surface area contributed by atoms with Crippen LogP contribution in [0.1, 0.15) is 15.9 Å². The van der Waals surface area contributed by atoms with Gasteiger partial charge in [-0.25, -0.2) is 12.7 Å². The maximum Gasteiger partial charge on any atom is 0.257 e. The first-order chi connectivity index (χ1) is 11.2. The van der Waals surface area contributed by atoms with E-state index in [1.807, 2.05) is 13.0 Å². The van der Waals surface area contributed by atoms with Gasteiger partial charge in [-0.2, -0.15) is 0 Å². The third-order valence-electron chi connectivity index (χ3n) is 4.26. The smallest absolute Gasteiger partial charge is 0.257 e. The highest BCUT2D eigenvalue weighted by Gasteiger charge is 2.38. The molecule has 1 aromatic carbocycles. The molecule has 1 amide bonds. The van der Waals surface area contributed by atoms with Gasteiger partial charge >= 0.3 is 0 Å². The van der Waals surface area contributed by atoms with Gasteiger partial charge < -0.3 is 14.7 Å². The zero-order chi connectivity index (χ0) is 18.1. The van der Waals surface area contributed by atoms with Crippen molar-refractivity contribution in [1.29, 1.82) is 0 Å². The van der Waals surface area contributed by atoms with Gasteiger partial charge in [0.1, 0.15) is 5.75 Å². The largest absolute Gasteiger partial charge is 0.496 e. The minimum Gasteiger partial charge on any atom is -0.496 e. The number of benzene rings is 1. The summed E-state index contributed by atoms with van der Waals surface area (Å²) in [6.07, 6.45) is -0.862. The number of ether oxygens (including phenoxy) is 1. The fourth-order valence-corrected chi connectivity index (χ4v) is 3.93. The molecule has 1 heterocycles. The van der Waals surface area contributed by atoms with E-state index in [-0.39, 0.29) is 24.7 Å². The summed E-state index contributed by atoms with van der Waals surface area (Å²) in [7, 11) is 0.967. The predicted molar refractivity (Wildman–Crippen MR) is 90.6 cm³/mol. The number of carbonyl (C=O) groups is 1. The number of amides is 1. The molecule has 0 radical (unpaired) electrons. The molecule has 0 aromatic heterocycles. The number of aryl methyl sites for hydroxylation is 1. The van der Waals surface area contributed by atoms with Gasteiger partial charge in [-0.05, 0) is 19.1 Å². The SMILES string of the molecule is COc1ccc(C)cc1C(=O)N1C[C@@H](CS(=O)(=O)N(C)C)[C@H](O)C1. The minimum atomic E-state index is -3.44.